The standard InChI is InChI=1S/C22H26ClN3O2/c1-5-13(3)18-11-14(4)26-20(18)22(27)25(15-7-8-15)21(24-26)17-10-9-16(28-6-2)12-19(17)23/h9-13,15H,5-8H2,1-4H3. The number of hydrogen-bond donors (Lipinski definition) is 0. The summed E-state index contributed by atoms with van der Waals surface area (Å²) in [7, 11) is 0. The summed E-state index contributed by atoms with van der Waals surface area (Å²) in [5, 5.41) is 5.44. The van der Waals surface area contributed by atoms with Crippen molar-refractivity contribution in [3.63, 3.8) is 0 Å². The third-order valence-electron chi connectivity index (χ3n) is 5.58. The lowest BCUT2D eigenvalue weighted by molar-refractivity contribution is 0.340. The molecule has 3 aromatic rings. The van der Waals surface area contributed by atoms with Gasteiger partial charge in [-0.3, -0.25) is 9.36 Å². The topological polar surface area (TPSA) is 48.5 Å². The van der Waals surface area contributed by atoms with E-state index in [1.807, 2.05) is 30.5 Å². The SMILES string of the molecule is CCOc1ccc(-c2nn3c(C)cc(C(C)CC)c3c(=O)n2C2CC2)c(Cl)c1. The molecule has 1 aliphatic rings. The van der Waals surface area contributed by atoms with Gasteiger partial charge in [-0.05, 0) is 68.9 Å². The molecule has 148 valence electrons. The van der Waals surface area contributed by atoms with Crippen LogP contribution in [0.4, 0.5) is 0 Å². The molecule has 1 aromatic carbocycles. The quantitative estimate of drug-likeness (QED) is 0.559. The molecule has 0 amide bonds. The molecule has 1 fully saturated rings. The van der Waals surface area contributed by atoms with Gasteiger partial charge in [0.15, 0.2) is 5.82 Å². The number of ether oxygens (including phenoxy) is 1. The summed E-state index contributed by atoms with van der Waals surface area (Å²) in [6.07, 6.45) is 2.98. The zero-order valence-corrected chi connectivity index (χ0v) is 17.6. The summed E-state index contributed by atoms with van der Waals surface area (Å²) < 4.78 is 9.19. The minimum absolute atomic E-state index is 0.0286. The minimum atomic E-state index is 0.0286. The highest BCUT2D eigenvalue weighted by atomic mass is 35.5. The van der Waals surface area contributed by atoms with Gasteiger partial charge >= 0.3 is 0 Å². The largest absolute Gasteiger partial charge is 0.494 e. The van der Waals surface area contributed by atoms with Crippen molar-refractivity contribution in [3.05, 3.63) is 50.9 Å². The number of nitrogens with zero attached hydrogens (tertiary/aromatic N) is 3. The van der Waals surface area contributed by atoms with Crippen molar-refractivity contribution in [3.8, 4) is 17.1 Å². The molecule has 0 aliphatic heterocycles. The molecule has 2 aromatic heterocycles. The first-order chi connectivity index (χ1) is 13.5. The van der Waals surface area contributed by atoms with E-state index < -0.39 is 0 Å². The molecule has 5 nitrogen and oxygen atoms in total. The van der Waals surface area contributed by atoms with Gasteiger partial charge in [-0.15, -0.1) is 5.10 Å². The smallest absolute Gasteiger partial charge is 0.278 e. The van der Waals surface area contributed by atoms with Crippen LogP contribution in [-0.2, 0) is 0 Å². The molecular weight excluding hydrogens is 374 g/mol. The summed E-state index contributed by atoms with van der Waals surface area (Å²) in [6.45, 7) is 8.81. The van der Waals surface area contributed by atoms with E-state index in [-0.39, 0.29) is 11.6 Å². The van der Waals surface area contributed by atoms with Gasteiger partial charge < -0.3 is 4.74 Å². The monoisotopic (exact) mass is 399 g/mol. The number of benzene rings is 1. The van der Waals surface area contributed by atoms with Crippen LogP contribution in [0.1, 0.15) is 63.3 Å². The third kappa shape index (κ3) is 3.12. The summed E-state index contributed by atoms with van der Waals surface area (Å²) in [6, 6.07) is 7.86. The van der Waals surface area contributed by atoms with E-state index in [2.05, 4.69) is 19.9 Å². The van der Waals surface area contributed by atoms with Gasteiger partial charge in [0, 0.05) is 17.3 Å². The number of fused-ring (bicyclic) bond motifs is 1. The zero-order chi connectivity index (χ0) is 20.0. The fourth-order valence-corrected chi connectivity index (χ4v) is 3.99. The molecule has 0 spiro atoms. The van der Waals surface area contributed by atoms with Gasteiger partial charge in [-0.25, -0.2) is 4.52 Å². The summed E-state index contributed by atoms with van der Waals surface area (Å²) in [5.74, 6) is 1.65. The first-order valence-corrected chi connectivity index (χ1v) is 10.4. The van der Waals surface area contributed by atoms with E-state index in [4.69, 9.17) is 21.4 Å². The average Bonchev–Trinajstić information content (AvgIpc) is 3.45. The molecule has 6 heteroatoms. The Bertz CT molecular complexity index is 1100. The Morgan fingerprint density at radius 3 is 2.64 bits per heavy atom. The molecule has 28 heavy (non-hydrogen) atoms. The molecule has 0 saturated heterocycles. The maximum absolute atomic E-state index is 13.6. The lowest BCUT2D eigenvalue weighted by atomic mass is 10.00. The van der Waals surface area contributed by atoms with Crippen LogP contribution >= 0.6 is 11.6 Å². The minimum Gasteiger partial charge on any atom is -0.494 e. The predicted octanol–water partition coefficient (Wildman–Crippen LogP) is 5.37. The molecule has 4 rings (SSSR count). The van der Waals surface area contributed by atoms with Crippen molar-refractivity contribution in [1.82, 2.24) is 14.2 Å². The molecule has 1 saturated carbocycles. The van der Waals surface area contributed by atoms with Crippen LogP contribution in [0.25, 0.3) is 16.9 Å². The van der Waals surface area contributed by atoms with Gasteiger partial charge in [-0.2, -0.15) is 0 Å². The summed E-state index contributed by atoms with van der Waals surface area (Å²) in [4.78, 5) is 13.6. The Hall–Kier alpha value is -2.27. The van der Waals surface area contributed by atoms with Crippen molar-refractivity contribution in [1.29, 1.82) is 0 Å². The predicted molar refractivity (Wildman–Crippen MR) is 113 cm³/mol. The van der Waals surface area contributed by atoms with E-state index >= 15 is 0 Å². The van der Waals surface area contributed by atoms with Crippen molar-refractivity contribution in [2.45, 2.75) is 58.9 Å². The van der Waals surface area contributed by atoms with Crippen LogP contribution in [0.15, 0.2) is 29.1 Å². The molecule has 0 bridgehead atoms. The second-order valence-corrected chi connectivity index (χ2v) is 8.02. The first kappa shape index (κ1) is 19.1. The highest BCUT2D eigenvalue weighted by Crippen LogP contribution is 2.39. The van der Waals surface area contributed by atoms with E-state index in [1.165, 1.54) is 0 Å². The number of halogens is 1. The molecule has 1 aliphatic carbocycles. The van der Waals surface area contributed by atoms with Crippen molar-refractivity contribution in [2.75, 3.05) is 6.61 Å². The summed E-state index contributed by atoms with van der Waals surface area (Å²) >= 11 is 6.57. The number of hydrogen-bond acceptors (Lipinski definition) is 3. The van der Waals surface area contributed by atoms with E-state index in [0.29, 0.717) is 34.6 Å². The van der Waals surface area contributed by atoms with Gasteiger partial charge in [0.2, 0.25) is 0 Å². The van der Waals surface area contributed by atoms with E-state index in [0.717, 1.165) is 36.1 Å². The Labute approximate surface area is 169 Å². The molecule has 0 N–H and O–H groups in total. The van der Waals surface area contributed by atoms with Crippen LogP contribution in [0.3, 0.4) is 0 Å². The van der Waals surface area contributed by atoms with Gasteiger partial charge in [0.25, 0.3) is 5.56 Å². The fourth-order valence-electron chi connectivity index (χ4n) is 3.73. The molecule has 2 heterocycles. The van der Waals surface area contributed by atoms with Crippen LogP contribution in [0.2, 0.25) is 5.02 Å². The van der Waals surface area contributed by atoms with Crippen molar-refractivity contribution < 1.29 is 4.74 Å². The van der Waals surface area contributed by atoms with E-state index in [1.54, 1.807) is 10.6 Å². The zero-order valence-electron chi connectivity index (χ0n) is 16.8. The van der Waals surface area contributed by atoms with Crippen LogP contribution in [-0.4, -0.2) is 20.8 Å². The average molecular weight is 400 g/mol. The summed E-state index contributed by atoms with van der Waals surface area (Å²) in [5.41, 5.74) is 3.53. The molecule has 0 radical (unpaired) electrons. The lowest BCUT2D eigenvalue weighted by Gasteiger charge is -2.15. The molecule has 1 atom stereocenters. The number of aryl methyl sites for hydroxylation is 1. The molecular formula is C22H26ClN3O2. The van der Waals surface area contributed by atoms with Crippen molar-refractivity contribution >= 4 is 17.1 Å². The maximum Gasteiger partial charge on any atom is 0.278 e. The third-order valence-corrected chi connectivity index (χ3v) is 5.89. The van der Waals surface area contributed by atoms with E-state index in [9.17, 15) is 4.79 Å². The van der Waals surface area contributed by atoms with Crippen LogP contribution in [0, 0.1) is 6.92 Å². The normalized spacial score (nSPS) is 15.2. The highest BCUT2D eigenvalue weighted by Gasteiger charge is 2.31. The van der Waals surface area contributed by atoms with Crippen molar-refractivity contribution in [2.24, 2.45) is 0 Å². The van der Waals surface area contributed by atoms with Gasteiger partial charge in [0.1, 0.15) is 11.3 Å². The van der Waals surface area contributed by atoms with Crippen LogP contribution < -0.4 is 10.3 Å². The first-order valence-electron chi connectivity index (χ1n) is 10.0. The Morgan fingerprint density at radius 1 is 1.29 bits per heavy atom. The van der Waals surface area contributed by atoms with Crippen LogP contribution in [0.5, 0.6) is 5.75 Å². The lowest BCUT2D eigenvalue weighted by Crippen LogP contribution is -2.26. The maximum atomic E-state index is 13.6. The second kappa shape index (κ2) is 7.28. The Kier molecular flexibility index (Phi) is 4.96. The van der Waals surface area contributed by atoms with Gasteiger partial charge in [0.05, 0.1) is 11.6 Å². The molecule has 1 unspecified atom stereocenters. The number of aromatic nitrogens is 3. The number of rotatable bonds is 6. The Balaban J connectivity index is 1.98. The Morgan fingerprint density at radius 2 is 2.04 bits per heavy atom. The highest BCUT2D eigenvalue weighted by molar-refractivity contribution is 6.33. The fraction of sp³-hybridized carbons (Fsp3) is 0.455. The second-order valence-electron chi connectivity index (χ2n) is 7.62. The van der Waals surface area contributed by atoms with Gasteiger partial charge in [-0.1, -0.05) is 25.4 Å².